The van der Waals surface area contributed by atoms with Crippen molar-refractivity contribution in [1.29, 1.82) is 0 Å². The van der Waals surface area contributed by atoms with Gasteiger partial charge in [-0.2, -0.15) is 0 Å². The van der Waals surface area contributed by atoms with Crippen molar-refractivity contribution in [2.45, 2.75) is 0 Å². The third-order valence-electron chi connectivity index (χ3n) is 2.94. The fraction of sp³-hybridized carbons (Fsp3) is 0. The molecule has 8 nitrogen and oxygen atoms in total. The van der Waals surface area contributed by atoms with Gasteiger partial charge in [0.2, 0.25) is 0 Å². The van der Waals surface area contributed by atoms with E-state index in [1.54, 1.807) is 28.9 Å². The minimum Gasteiger partial charge on any atom is -0.478 e. The van der Waals surface area contributed by atoms with Crippen molar-refractivity contribution in [3.05, 3.63) is 66.4 Å². The molecule has 0 unspecified atom stereocenters. The van der Waals surface area contributed by atoms with E-state index in [0.717, 1.165) is 16.9 Å². The number of hydrogen-bond donors (Lipinski definition) is 3. The Labute approximate surface area is 137 Å². The van der Waals surface area contributed by atoms with Crippen molar-refractivity contribution in [3.63, 3.8) is 0 Å². The van der Waals surface area contributed by atoms with Gasteiger partial charge in [0.25, 0.3) is 0 Å². The Kier molecular flexibility index (Phi) is 5.86. The first-order chi connectivity index (χ1) is 11.5. The molecule has 3 N–H and O–H groups in total. The largest absolute Gasteiger partial charge is 0.692 e. The summed E-state index contributed by atoms with van der Waals surface area (Å²) in [6, 6.07) is 16.2. The van der Waals surface area contributed by atoms with Crippen LogP contribution in [-0.4, -0.2) is 35.9 Å². The van der Waals surface area contributed by atoms with Crippen LogP contribution in [0.4, 0.5) is 0 Å². The lowest BCUT2D eigenvalue weighted by Crippen LogP contribution is -1.98. The molecule has 0 aliphatic carbocycles. The molecule has 0 fully saturated rings. The maximum Gasteiger partial charge on any atom is 0.692 e. The van der Waals surface area contributed by atoms with Crippen LogP contribution in [0.25, 0.3) is 16.9 Å². The van der Waals surface area contributed by atoms with Crippen LogP contribution in [0.2, 0.25) is 0 Å². The molecular weight excluding hydrogens is 333 g/mol. The zero-order valence-electron chi connectivity index (χ0n) is 12.2. The Bertz CT molecular complexity index is 830. The smallest absolute Gasteiger partial charge is 0.478 e. The Morgan fingerprint density at radius 1 is 1.00 bits per heavy atom. The van der Waals surface area contributed by atoms with Gasteiger partial charge < -0.3 is 5.11 Å². The van der Waals surface area contributed by atoms with E-state index in [9.17, 15) is 4.79 Å². The zero-order valence-corrected chi connectivity index (χ0v) is 13.1. The van der Waals surface area contributed by atoms with Crippen molar-refractivity contribution in [2.24, 2.45) is 0 Å². The Balaban J connectivity index is 0.000000471. The third kappa shape index (κ3) is 4.79. The number of nitrogens with zero attached hydrogens (tertiary/aromatic N) is 3. The van der Waals surface area contributed by atoms with Crippen LogP contribution in [0.15, 0.2) is 60.8 Å². The summed E-state index contributed by atoms with van der Waals surface area (Å²) in [5, 5.41) is 17.0. The summed E-state index contributed by atoms with van der Waals surface area (Å²) in [4.78, 5) is 25.0. The molecule has 0 spiro atoms. The van der Waals surface area contributed by atoms with Crippen LogP contribution in [-0.2, 0) is 4.57 Å². The summed E-state index contributed by atoms with van der Waals surface area (Å²) < 4.78 is 10.3. The topological polar surface area (TPSA) is 126 Å². The second-order valence-corrected chi connectivity index (χ2v) is 5.02. The van der Waals surface area contributed by atoms with E-state index >= 15 is 0 Å². The molecule has 2 aromatic carbocycles. The SMILES string of the molecule is O=C(O)c1ccc(-n2cc(-c3ccccc3)nn2)cc1.O=[P+](O)O. The van der Waals surface area contributed by atoms with Crippen LogP contribution < -0.4 is 0 Å². The van der Waals surface area contributed by atoms with Gasteiger partial charge in [0, 0.05) is 10.1 Å². The first-order valence-electron chi connectivity index (χ1n) is 6.64. The van der Waals surface area contributed by atoms with Gasteiger partial charge >= 0.3 is 14.2 Å². The summed E-state index contributed by atoms with van der Waals surface area (Å²) in [5.41, 5.74) is 2.77. The Morgan fingerprint density at radius 2 is 1.58 bits per heavy atom. The van der Waals surface area contributed by atoms with Crippen molar-refractivity contribution in [3.8, 4) is 16.9 Å². The third-order valence-corrected chi connectivity index (χ3v) is 2.94. The molecular formula is C15H13N3O5P+. The van der Waals surface area contributed by atoms with E-state index in [2.05, 4.69) is 10.3 Å². The number of hydrogen-bond acceptors (Lipinski definition) is 4. The maximum atomic E-state index is 10.8. The van der Waals surface area contributed by atoms with E-state index in [1.807, 2.05) is 36.5 Å². The highest BCUT2D eigenvalue weighted by molar-refractivity contribution is 7.30. The molecule has 0 aliphatic heterocycles. The average Bonchev–Trinajstić information content (AvgIpc) is 3.05. The fourth-order valence-corrected chi connectivity index (χ4v) is 1.89. The molecule has 0 aliphatic rings. The van der Waals surface area contributed by atoms with Crippen molar-refractivity contribution >= 4 is 14.2 Å². The second kappa shape index (κ2) is 8.07. The van der Waals surface area contributed by atoms with Gasteiger partial charge in [-0.3, -0.25) is 0 Å². The van der Waals surface area contributed by atoms with Gasteiger partial charge in [0.1, 0.15) is 5.69 Å². The predicted molar refractivity (Wildman–Crippen MR) is 85.8 cm³/mol. The lowest BCUT2D eigenvalue weighted by molar-refractivity contribution is 0.0697. The van der Waals surface area contributed by atoms with Crippen molar-refractivity contribution < 1.29 is 24.3 Å². The molecule has 0 radical (unpaired) electrons. The number of rotatable bonds is 3. The second-order valence-electron chi connectivity index (χ2n) is 4.52. The molecule has 9 heteroatoms. The van der Waals surface area contributed by atoms with E-state index in [4.69, 9.17) is 19.5 Å². The number of benzene rings is 2. The molecule has 122 valence electrons. The van der Waals surface area contributed by atoms with Crippen molar-refractivity contribution in [2.75, 3.05) is 0 Å². The van der Waals surface area contributed by atoms with Gasteiger partial charge in [0.15, 0.2) is 0 Å². The highest BCUT2D eigenvalue weighted by Gasteiger charge is 2.06. The minimum absolute atomic E-state index is 0.247. The lowest BCUT2D eigenvalue weighted by atomic mass is 10.2. The minimum atomic E-state index is -2.87. The van der Waals surface area contributed by atoms with Crippen LogP contribution in [0.3, 0.4) is 0 Å². The molecule has 0 bridgehead atoms. The molecule has 0 saturated carbocycles. The highest BCUT2D eigenvalue weighted by Crippen LogP contribution is 2.17. The summed E-state index contributed by atoms with van der Waals surface area (Å²) in [6.07, 6.45) is 1.81. The molecule has 3 rings (SSSR count). The number of carboxylic acid groups (broad SMARTS) is 1. The first-order valence-corrected chi connectivity index (χ1v) is 7.80. The molecule has 0 saturated heterocycles. The normalized spacial score (nSPS) is 9.75. The number of carbonyl (C=O) groups is 1. The van der Waals surface area contributed by atoms with Gasteiger partial charge in [-0.05, 0) is 24.3 Å². The van der Waals surface area contributed by atoms with Crippen LogP contribution in [0, 0.1) is 0 Å². The summed E-state index contributed by atoms with van der Waals surface area (Å²) in [6.45, 7) is 0. The average molecular weight is 346 g/mol. The molecule has 24 heavy (non-hydrogen) atoms. The number of aromatic carboxylic acids is 1. The van der Waals surface area contributed by atoms with E-state index in [-0.39, 0.29) is 5.56 Å². The van der Waals surface area contributed by atoms with Crippen LogP contribution >= 0.6 is 8.25 Å². The van der Waals surface area contributed by atoms with Gasteiger partial charge in [-0.15, -0.1) is 14.9 Å². The number of aromatic nitrogens is 3. The van der Waals surface area contributed by atoms with Crippen LogP contribution in [0.1, 0.15) is 10.4 Å². The molecule has 1 aromatic heterocycles. The van der Waals surface area contributed by atoms with Gasteiger partial charge in [-0.25, -0.2) is 9.48 Å². The molecule has 0 atom stereocenters. The molecule has 0 amide bonds. The van der Waals surface area contributed by atoms with Crippen LogP contribution in [0.5, 0.6) is 0 Å². The van der Waals surface area contributed by atoms with Gasteiger partial charge in [-0.1, -0.05) is 35.5 Å². The highest BCUT2D eigenvalue weighted by atomic mass is 31.1. The predicted octanol–water partition coefficient (Wildman–Crippen LogP) is 2.26. The Hall–Kier alpha value is -2.93. The maximum absolute atomic E-state index is 10.8. The quantitative estimate of drug-likeness (QED) is 0.621. The number of carboxylic acids is 1. The Morgan fingerprint density at radius 3 is 2.12 bits per heavy atom. The molecule has 1 heterocycles. The lowest BCUT2D eigenvalue weighted by Gasteiger charge is -2.00. The van der Waals surface area contributed by atoms with Crippen molar-refractivity contribution in [1.82, 2.24) is 15.0 Å². The van der Waals surface area contributed by atoms with Gasteiger partial charge in [0.05, 0.1) is 17.4 Å². The monoisotopic (exact) mass is 346 g/mol. The summed E-state index contributed by atoms with van der Waals surface area (Å²) >= 11 is 0. The molecule has 3 aromatic rings. The fourth-order valence-electron chi connectivity index (χ4n) is 1.89. The standard InChI is InChI=1S/C15H11N3O2.HO3P/c19-15(20)12-6-8-13(9-7-12)18-10-14(16-17-18)11-4-2-1-3-5-11;1-4(2)3/h1-10H,(H,19,20);(H-,1,2,3)/p+1. The first kappa shape index (κ1) is 17.4. The zero-order chi connectivity index (χ0) is 17.5. The summed E-state index contributed by atoms with van der Waals surface area (Å²) in [5.74, 6) is -0.944. The van der Waals surface area contributed by atoms with E-state index < -0.39 is 14.2 Å². The van der Waals surface area contributed by atoms with E-state index in [1.165, 1.54) is 0 Å². The van der Waals surface area contributed by atoms with E-state index in [0.29, 0.717) is 0 Å². The summed E-state index contributed by atoms with van der Waals surface area (Å²) in [7, 11) is -2.87.